The number of hydrogen-bond donors (Lipinski definition) is 0. The van der Waals surface area contributed by atoms with Crippen LogP contribution in [0.2, 0.25) is 0 Å². The van der Waals surface area contributed by atoms with Gasteiger partial charge in [-0.15, -0.1) is 0 Å². The van der Waals surface area contributed by atoms with Gasteiger partial charge in [0, 0.05) is 6.21 Å². The van der Waals surface area contributed by atoms with Gasteiger partial charge in [-0.25, -0.2) is 0 Å². The molecule has 0 N–H and O–H groups in total. The van der Waals surface area contributed by atoms with Gasteiger partial charge in [0.05, 0.1) is 16.4 Å². The Hall–Kier alpha value is -2.34. The van der Waals surface area contributed by atoms with E-state index in [1.165, 1.54) is 5.56 Å². The Morgan fingerprint density at radius 3 is 2.37 bits per heavy atom. The van der Waals surface area contributed by atoms with E-state index in [2.05, 4.69) is 46.6 Å². The molecule has 27 heavy (non-hydrogen) atoms. The molecule has 0 spiro atoms. The molecule has 0 radical (unpaired) electrons. The molecule has 0 saturated carbocycles. The van der Waals surface area contributed by atoms with Crippen LogP contribution in [0.4, 0.5) is 5.69 Å². The molecule has 3 nitrogen and oxygen atoms in total. The van der Waals surface area contributed by atoms with Crippen molar-refractivity contribution in [2.24, 2.45) is 4.99 Å². The first kappa shape index (κ1) is 19.4. The molecule has 0 aliphatic rings. The van der Waals surface area contributed by atoms with E-state index in [-0.39, 0.29) is 0 Å². The summed E-state index contributed by atoms with van der Waals surface area (Å²) in [6.45, 7) is 2.65. The van der Waals surface area contributed by atoms with Gasteiger partial charge in [0.2, 0.25) is 0 Å². The number of benzene rings is 3. The van der Waals surface area contributed by atoms with Crippen LogP contribution in [0.15, 0.2) is 71.7 Å². The molecule has 0 aliphatic carbocycles. The highest BCUT2D eigenvalue weighted by Crippen LogP contribution is 2.34. The van der Waals surface area contributed by atoms with Gasteiger partial charge in [0.25, 0.3) is 0 Å². The van der Waals surface area contributed by atoms with Gasteiger partial charge in [-0.3, -0.25) is 4.99 Å². The highest BCUT2D eigenvalue weighted by molar-refractivity contribution is 14.1. The lowest BCUT2D eigenvalue weighted by molar-refractivity contribution is 0.282. The lowest BCUT2D eigenvalue weighted by Crippen LogP contribution is -2.00. The smallest absolute Gasteiger partial charge is 0.174 e. The molecule has 0 heterocycles. The van der Waals surface area contributed by atoms with E-state index >= 15 is 0 Å². The number of halogens is 1. The first-order valence-corrected chi connectivity index (χ1v) is 9.94. The maximum absolute atomic E-state index is 6.01. The van der Waals surface area contributed by atoms with E-state index in [0.717, 1.165) is 32.6 Å². The fraction of sp³-hybridized carbons (Fsp3) is 0.174. The molecule has 0 bridgehead atoms. The number of aliphatic imine (C=N–C) groups is 1. The maximum Gasteiger partial charge on any atom is 0.174 e. The lowest BCUT2D eigenvalue weighted by atomic mass is 10.1. The molecular weight excluding hydrogens is 449 g/mol. The van der Waals surface area contributed by atoms with Crippen molar-refractivity contribution in [1.82, 2.24) is 0 Å². The van der Waals surface area contributed by atoms with Gasteiger partial charge in [-0.05, 0) is 70.0 Å². The second-order valence-electron chi connectivity index (χ2n) is 6.09. The molecule has 4 heteroatoms. The molecule has 0 amide bonds. The zero-order valence-corrected chi connectivity index (χ0v) is 17.6. The Morgan fingerprint density at radius 2 is 1.70 bits per heavy atom. The summed E-state index contributed by atoms with van der Waals surface area (Å²) in [4.78, 5) is 4.57. The Labute approximate surface area is 174 Å². The summed E-state index contributed by atoms with van der Waals surface area (Å²) in [7, 11) is 1.66. The molecule has 138 valence electrons. The molecule has 3 aromatic rings. The molecule has 3 rings (SSSR count). The summed E-state index contributed by atoms with van der Waals surface area (Å²) < 4.78 is 12.5. The summed E-state index contributed by atoms with van der Waals surface area (Å²) in [6.07, 6.45) is 2.89. The Bertz CT molecular complexity index is 906. The van der Waals surface area contributed by atoms with E-state index in [1.54, 1.807) is 7.11 Å². The van der Waals surface area contributed by atoms with Crippen LogP contribution in [-0.4, -0.2) is 13.3 Å². The monoisotopic (exact) mass is 471 g/mol. The highest BCUT2D eigenvalue weighted by Gasteiger charge is 2.11. The topological polar surface area (TPSA) is 30.8 Å². The molecule has 0 atom stereocenters. The maximum atomic E-state index is 6.01. The quantitative estimate of drug-likeness (QED) is 0.304. The molecule has 0 saturated heterocycles. The molecule has 0 aliphatic heterocycles. The van der Waals surface area contributed by atoms with Crippen molar-refractivity contribution in [3.63, 3.8) is 0 Å². The van der Waals surface area contributed by atoms with E-state index < -0.39 is 0 Å². The van der Waals surface area contributed by atoms with Gasteiger partial charge in [-0.1, -0.05) is 49.4 Å². The number of aryl methyl sites for hydroxylation is 1. The summed E-state index contributed by atoms with van der Waals surface area (Å²) >= 11 is 2.27. The highest BCUT2D eigenvalue weighted by atomic mass is 127. The second kappa shape index (κ2) is 9.55. The van der Waals surface area contributed by atoms with Crippen LogP contribution >= 0.6 is 22.6 Å². The van der Waals surface area contributed by atoms with Crippen molar-refractivity contribution in [1.29, 1.82) is 0 Å². The third kappa shape index (κ3) is 5.32. The van der Waals surface area contributed by atoms with Gasteiger partial charge in [0.1, 0.15) is 6.61 Å². The minimum absolute atomic E-state index is 0.504. The fourth-order valence-electron chi connectivity index (χ4n) is 2.65. The SMILES string of the molecule is CCc1ccc(N=Cc2cc(I)c(OCc3ccccc3)c(OC)c2)cc1. The van der Waals surface area contributed by atoms with Crippen LogP contribution < -0.4 is 9.47 Å². The first-order chi connectivity index (χ1) is 13.2. The minimum Gasteiger partial charge on any atom is -0.493 e. The molecule has 0 unspecified atom stereocenters. The average molecular weight is 471 g/mol. The normalized spacial score (nSPS) is 10.9. The van der Waals surface area contributed by atoms with Gasteiger partial charge >= 0.3 is 0 Å². The standard InChI is InChI=1S/C23H22INO2/c1-3-17-9-11-20(12-10-17)25-15-19-13-21(24)23(22(14-19)26-2)27-16-18-7-5-4-6-8-18/h4-15H,3,16H2,1-2H3. The fourth-order valence-corrected chi connectivity index (χ4v) is 3.43. The van der Waals surface area contributed by atoms with Crippen LogP contribution in [0, 0.1) is 3.57 Å². The zero-order chi connectivity index (χ0) is 19.1. The Balaban J connectivity index is 1.77. The lowest BCUT2D eigenvalue weighted by Gasteiger charge is -2.13. The number of ether oxygens (including phenoxy) is 2. The summed E-state index contributed by atoms with van der Waals surface area (Å²) in [5.41, 5.74) is 4.34. The predicted octanol–water partition coefficient (Wildman–Crippen LogP) is 6.19. The van der Waals surface area contributed by atoms with Crippen molar-refractivity contribution >= 4 is 34.5 Å². The summed E-state index contributed by atoms with van der Waals surface area (Å²) in [6, 6.07) is 22.4. The average Bonchev–Trinajstić information content (AvgIpc) is 2.72. The van der Waals surface area contributed by atoms with E-state index in [1.807, 2.05) is 60.8 Å². The third-order valence-electron chi connectivity index (χ3n) is 4.19. The summed E-state index contributed by atoms with van der Waals surface area (Å²) in [5, 5.41) is 0. The van der Waals surface area contributed by atoms with Crippen molar-refractivity contribution in [3.05, 3.63) is 87.0 Å². The van der Waals surface area contributed by atoms with Crippen LogP contribution in [-0.2, 0) is 13.0 Å². The van der Waals surface area contributed by atoms with Crippen LogP contribution in [0.1, 0.15) is 23.6 Å². The van der Waals surface area contributed by atoms with E-state index in [4.69, 9.17) is 9.47 Å². The molecular formula is C23H22INO2. The van der Waals surface area contributed by atoms with Crippen molar-refractivity contribution in [2.45, 2.75) is 20.0 Å². The summed E-state index contributed by atoms with van der Waals surface area (Å²) in [5.74, 6) is 1.46. The van der Waals surface area contributed by atoms with Gasteiger partial charge < -0.3 is 9.47 Å². The number of nitrogens with zero attached hydrogens (tertiary/aromatic N) is 1. The third-order valence-corrected chi connectivity index (χ3v) is 4.99. The largest absolute Gasteiger partial charge is 0.493 e. The van der Waals surface area contributed by atoms with Crippen molar-refractivity contribution in [3.8, 4) is 11.5 Å². The van der Waals surface area contributed by atoms with Crippen molar-refractivity contribution < 1.29 is 9.47 Å². The van der Waals surface area contributed by atoms with Gasteiger partial charge in [0.15, 0.2) is 11.5 Å². The van der Waals surface area contributed by atoms with Gasteiger partial charge in [-0.2, -0.15) is 0 Å². The van der Waals surface area contributed by atoms with Crippen LogP contribution in [0.25, 0.3) is 0 Å². The Morgan fingerprint density at radius 1 is 0.963 bits per heavy atom. The first-order valence-electron chi connectivity index (χ1n) is 8.87. The van der Waals surface area contributed by atoms with E-state index in [9.17, 15) is 0 Å². The van der Waals surface area contributed by atoms with Crippen LogP contribution in [0.3, 0.4) is 0 Å². The predicted molar refractivity (Wildman–Crippen MR) is 120 cm³/mol. The Kier molecular flexibility index (Phi) is 6.87. The number of methoxy groups -OCH3 is 1. The van der Waals surface area contributed by atoms with Crippen LogP contribution in [0.5, 0.6) is 11.5 Å². The number of hydrogen-bond acceptors (Lipinski definition) is 3. The molecule has 0 fully saturated rings. The second-order valence-corrected chi connectivity index (χ2v) is 7.25. The minimum atomic E-state index is 0.504. The number of rotatable bonds is 7. The van der Waals surface area contributed by atoms with Crippen molar-refractivity contribution in [2.75, 3.05) is 7.11 Å². The van der Waals surface area contributed by atoms with E-state index in [0.29, 0.717) is 12.4 Å². The molecule has 3 aromatic carbocycles. The molecule has 0 aromatic heterocycles. The zero-order valence-electron chi connectivity index (χ0n) is 15.5.